The van der Waals surface area contributed by atoms with Crippen molar-refractivity contribution < 1.29 is 8.78 Å². The van der Waals surface area contributed by atoms with Crippen LogP contribution in [0.3, 0.4) is 0 Å². The summed E-state index contributed by atoms with van der Waals surface area (Å²) in [5, 5.41) is 7.51. The molecule has 0 aromatic carbocycles. The van der Waals surface area contributed by atoms with Crippen LogP contribution < -0.4 is 0 Å². The molecule has 1 saturated heterocycles. The second-order valence-corrected chi connectivity index (χ2v) is 11.0. The monoisotopic (exact) mass is 548 g/mol. The molecule has 8 nitrogen and oxygen atoms in total. The van der Waals surface area contributed by atoms with Gasteiger partial charge in [0.2, 0.25) is 0 Å². The van der Waals surface area contributed by atoms with Crippen molar-refractivity contribution in [3.63, 3.8) is 0 Å². The van der Waals surface area contributed by atoms with E-state index in [1.807, 2.05) is 36.4 Å². The van der Waals surface area contributed by atoms with E-state index in [-0.39, 0.29) is 13.0 Å². The van der Waals surface area contributed by atoms with Gasteiger partial charge in [-0.05, 0) is 42.0 Å². The molecule has 1 fully saturated rings. The number of pyridine rings is 3. The Balaban J connectivity index is 1.24. The van der Waals surface area contributed by atoms with Crippen molar-refractivity contribution in [2.75, 3.05) is 13.1 Å². The first-order valence-corrected chi connectivity index (χ1v) is 13.1. The fourth-order valence-corrected chi connectivity index (χ4v) is 5.90. The first kappa shape index (κ1) is 23.3. The zero-order valence-corrected chi connectivity index (χ0v) is 21.3. The van der Waals surface area contributed by atoms with Crippen molar-refractivity contribution in [1.82, 2.24) is 40.0 Å². The maximum absolute atomic E-state index is 13.6. The molecule has 0 amide bonds. The summed E-state index contributed by atoms with van der Waals surface area (Å²) in [4.78, 5) is 24.5. The number of rotatable bonds is 5. The fourth-order valence-electron chi connectivity index (χ4n) is 4.83. The molecule has 6 aromatic rings. The molecule has 6 aromatic heterocycles. The Morgan fingerprint density at radius 1 is 1.11 bits per heavy atom. The van der Waals surface area contributed by atoms with Gasteiger partial charge < -0.3 is 4.98 Å². The Morgan fingerprint density at radius 2 is 2.03 bits per heavy atom. The lowest BCUT2D eigenvalue weighted by Crippen LogP contribution is -2.24. The minimum atomic E-state index is -2.63. The predicted molar refractivity (Wildman–Crippen MR) is 143 cm³/mol. The number of fused-ring (bicyclic) bond motifs is 2. The van der Waals surface area contributed by atoms with Crippen LogP contribution in [0.4, 0.5) is 8.78 Å². The van der Waals surface area contributed by atoms with E-state index in [9.17, 15) is 8.78 Å². The van der Waals surface area contributed by atoms with E-state index < -0.39 is 5.92 Å². The second-order valence-electron chi connectivity index (χ2n) is 9.31. The Labute approximate surface area is 223 Å². The largest absolute Gasteiger partial charge is 0.335 e. The Bertz CT molecular complexity index is 1810. The van der Waals surface area contributed by atoms with Crippen molar-refractivity contribution in [2.45, 2.75) is 18.9 Å². The quantitative estimate of drug-likeness (QED) is 0.267. The van der Waals surface area contributed by atoms with E-state index in [2.05, 4.69) is 30.1 Å². The summed E-state index contributed by atoms with van der Waals surface area (Å²) < 4.78 is 27.9. The number of hydrogen-bond acceptors (Lipinski definition) is 7. The van der Waals surface area contributed by atoms with Gasteiger partial charge in [-0.15, -0.1) is 11.3 Å². The molecule has 7 rings (SSSR count). The number of halogens is 3. The topological polar surface area (TPSA) is 99.3 Å². The average Bonchev–Trinajstić information content (AvgIpc) is 3.69. The van der Waals surface area contributed by atoms with Gasteiger partial charge in [-0.3, -0.25) is 15.0 Å². The molecular formula is C26H19ClF2N8S. The molecule has 12 heteroatoms. The number of likely N-dealkylation sites (tertiary alicyclic amines) is 1. The summed E-state index contributed by atoms with van der Waals surface area (Å²) in [6.45, 7) is 0.556. The third-order valence-corrected chi connectivity index (χ3v) is 7.87. The maximum atomic E-state index is 13.6. The van der Waals surface area contributed by atoms with E-state index in [1.165, 1.54) is 11.3 Å². The third-order valence-electron chi connectivity index (χ3n) is 6.61. The standard InChI is InChI=1S/C26H19ClF2N8S/c27-20-4-3-19(38-20)16-5-7-31-24-21(16)33-25(34-24)23-22-18(35-36-23)2-1-17(32-22)15-9-14(10-30-11-15)12-37-8-6-26(28,29)13-37/h1-5,7,9-11H,6,8,12-13H2,(H,35,36)(H,31,33,34). The van der Waals surface area contributed by atoms with Crippen LogP contribution >= 0.6 is 22.9 Å². The SMILES string of the molecule is FC1(F)CCN(Cc2cncc(-c3ccc4[nH]nc(-c5nc6nccc(-c7ccc(Cl)s7)c6[nH]5)c4n3)c2)C1. The van der Waals surface area contributed by atoms with Crippen molar-refractivity contribution in [3.05, 3.63) is 64.9 Å². The van der Waals surface area contributed by atoms with Gasteiger partial charge in [-0.25, -0.2) is 23.7 Å². The summed E-state index contributed by atoms with van der Waals surface area (Å²) in [7, 11) is 0. The number of aromatic nitrogens is 7. The number of H-pyrrole nitrogens is 2. The minimum Gasteiger partial charge on any atom is -0.335 e. The molecule has 0 radical (unpaired) electrons. The zero-order valence-electron chi connectivity index (χ0n) is 19.8. The van der Waals surface area contributed by atoms with Gasteiger partial charge in [0.15, 0.2) is 17.2 Å². The smallest absolute Gasteiger partial charge is 0.261 e. The summed E-state index contributed by atoms with van der Waals surface area (Å²) >= 11 is 7.64. The molecule has 190 valence electrons. The number of nitrogens with one attached hydrogen (secondary N) is 2. The van der Waals surface area contributed by atoms with Crippen LogP contribution in [0, 0.1) is 0 Å². The lowest BCUT2D eigenvalue weighted by atomic mass is 10.1. The van der Waals surface area contributed by atoms with Gasteiger partial charge >= 0.3 is 0 Å². The van der Waals surface area contributed by atoms with Gasteiger partial charge in [-0.2, -0.15) is 5.10 Å². The molecule has 1 aliphatic rings. The van der Waals surface area contributed by atoms with Crippen molar-refractivity contribution in [2.24, 2.45) is 0 Å². The summed E-state index contributed by atoms with van der Waals surface area (Å²) in [5.41, 5.74) is 6.64. The van der Waals surface area contributed by atoms with E-state index in [0.717, 1.165) is 32.6 Å². The lowest BCUT2D eigenvalue weighted by molar-refractivity contribution is 0.0115. The summed E-state index contributed by atoms with van der Waals surface area (Å²) in [6, 6.07) is 11.5. The molecular weight excluding hydrogens is 530 g/mol. The first-order valence-electron chi connectivity index (χ1n) is 11.9. The van der Waals surface area contributed by atoms with Gasteiger partial charge in [0, 0.05) is 54.1 Å². The molecule has 0 unspecified atom stereocenters. The highest BCUT2D eigenvalue weighted by molar-refractivity contribution is 7.19. The Kier molecular flexibility index (Phi) is 5.46. The number of alkyl halides is 2. The van der Waals surface area contributed by atoms with Gasteiger partial charge in [0.1, 0.15) is 5.52 Å². The Morgan fingerprint density at radius 3 is 2.84 bits per heavy atom. The fraction of sp³-hybridized carbons (Fsp3) is 0.192. The van der Waals surface area contributed by atoms with Crippen LogP contribution in [0.5, 0.6) is 0 Å². The minimum absolute atomic E-state index is 0.110. The van der Waals surface area contributed by atoms with E-state index in [1.54, 1.807) is 23.5 Å². The lowest BCUT2D eigenvalue weighted by Gasteiger charge is -2.15. The van der Waals surface area contributed by atoms with Crippen LogP contribution in [0.1, 0.15) is 12.0 Å². The Hall–Kier alpha value is -3.80. The van der Waals surface area contributed by atoms with Crippen molar-refractivity contribution >= 4 is 45.1 Å². The number of hydrogen-bond donors (Lipinski definition) is 2. The normalized spacial score (nSPS) is 15.7. The van der Waals surface area contributed by atoms with Crippen LogP contribution in [0.15, 0.2) is 55.0 Å². The number of thiophene rings is 1. The van der Waals surface area contributed by atoms with E-state index in [4.69, 9.17) is 16.6 Å². The molecule has 0 atom stereocenters. The van der Waals surface area contributed by atoms with Crippen molar-refractivity contribution in [1.29, 1.82) is 0 Å². The van der Waals surface area contributed by atoms with Crippen LogP contribution in [0.2, 0.25) is 4.34 Å². The molecule has 1 aliphatic heterocycles. The van der Waals surface area contributed by atoms with Gasteiger partial charge in [0.05, 0.1) is 27.6 Å². The van der Waals surface area contributed by atoms with Crippen LogP contribution in [-0.2, 0) is 6.54 Å². The maximum Gasteiger partial charge on any atom is 0.261 e. The number of nitrogens with zero attached hydrogens (tertiary/aromatic N) is 6. The van der Waals surface area contributed by atoms with E-state index in [0.29, 0.717) is 45.8 Å². The summed E-state index contributed by atoms with van der Waals surface area (Å²) in [6.07, 6.45) is 5.04. The van der Waals surface area contributed by atoms with Crippen molar-refractivity contribution in [3.8, 4) is 33.2 Å². The first-order chi connectivity index (χ1) is 18.4. The van der Waals surface area contributed by atoms with Gasteiger partial charge in [-0.1, -0.05) is 11.6 Å². The average molecular weight is 549 g/mol. The highest BCUT2D eigenvalue weighted by Crippen LogP contribution is 2.36. The molecule has 0 aliphatic carbocycles. The van der Waals surface area contributed by atoms with Gasteiger partial charge in [0.25, 0.3) is 5.92 Å². The predicted octanol–water partition coefficient (Wildman–Crippen LogP) is 6.18. The highest BCUT2D eigenvalue weighted by atomic mass is 35.5. The molecule has 0 bridgehead atoms. The molecule has 0 spiro atoms. The van der Waals surface area contributed by atoms with E-state index >= 15 is 0 Å². The highest BCUT2D eigenvalue weighted by Gasteiger charge is 2.37. The van der Waals surface area contributed by atoms with Crippen LogP contribution in [-0.4, -0.2) is 59.0 Å². The number of aromatic amines is 2. The second kappa shape index (κ2) is 8.90. The molecule has 7 heterocycles. The molecule has 38 heavy (non-hydrogen) atoms. The molecule has 0 saturated carbocycles. The number of imidazole rings is 1. The third kappa shape index (κ3) is 4.22. The summed E-state index contributed by atoms with van der Waals surface area (Å²) in [5.74, 6) is -2.08. The molecule has 2 N–H and O–H groups in total. The van der Waals surface area contributed by atoms with Crippen LogP contribution in [0.25, 0.3) is 55.4 Å². The zero-order chi connectivity index (χ0) is 25.9.